The Bertz CT molecular complexity index is 393. The van der Waals surface area contributed by atoms with Gasteiger partial charge < -0.3 is 4.90 Å². The molecule has 1 aliphatic carbocycles. The van der Waals surface area contributed by atoms with Crippen molar-refractivity contribution in [3.05, 3.63) is 0 Å². The van der Waals surface area contributed by atoms with Crippen molar-refractivity contribution in [2.24, 2.45) is 11.3 Å². The van der Waals surface area contributed by atoms with Crippen LogP contribution in [0.25, 0.3) is 0 Å². The van der Waals surface area contributed by atoms with Crippen LogP contribution in [0.1, 0.15) is 46.0 Å². The number of rotatable bonds is 0. The lowest BCUT2D eigenvalue weighted by Crippen LogP contribution is -2.52. The highest BCUT2D eigenvalue weighted by molar-refractivity contribution is 8.03. The van der Waals surface area contributed by atoms with Gasteiger partial charge in [-0.15, -0.1) is 11.8 Å². The fourth-order valence-corrected chi connectivity index (χ4v) is 7.02. The molecule has 1 amide bonds. The smallest absolute Gasteiger partial charge is 0.240 e. The highest BCUT2D eigenvalue weighted by Gasteiger charge is 2.76. The van der Waals surface area contributed by atoms with Crippen LogP contribution >= 0.6 is 11.8 Å². The Morgan fingerprint density at radius 1 is 1.38 bits per heavy atom. The van der Waals surface area contributed by atoms with Crippen LogP contribution in [0.4, 0.5) is 0 Å². The van der Waals surface area contributed by atoms with Gasteiger partial charge in [-0.05, 0) is 37.0 Å². The molecule has 88 valence electrons. The molecule has 1 saturated carbocycles. The van der Waals surface area contributed by atoms with E-state index in [4.69, 9.17) is 0 Å². The minimum Gasteiger partial charge on any atom is -0.326 e. The third-order valence-corrected chi connectivity index (χ3v) is 8.05. The Labute approximate surface area is 101 Å². The van der Waals surface area contributed by atoms with E-state index in [1.807, 2.05) is 0 Å². The molecule has 4 aliphatic rings. The van der Waals surface area contributed by atoms with Gasteiger partial charge >= 0.3 is 0 Å². The Morgan fingerprint density at radius 2 is 2.19 bits per heavy atom. The molecule has 0 aromatic carbocycles. The first-order valence-corrected chi connectivity index (χ1v) is 7.36. The number of hydrogen-bond acceptors (Lipinski definition) is 2. The molecule has 0 aromatic heterocycles. The average molecular weight is 237 g/mol. The lowest BCUT2D eigenvalue weighted by atomic mass is 9.75. The van der Waals surface area contributed by atoms with Crippen molar-refractivity contribution in [2.45, 2.75) is 55.6 Å². The number of hydrogen-bond donors (Lipinski definition) is 0. The largest absolute Gasteiger partial charge is 0.326 e. The quantitative estimate of drug-likeness (QED) is 0.645. The van der Waals surface area contributed by atoms with Gasteiger partial charge in [0.05, 0.1) is 9.62 Å². The molecule has 3 heterocycles. The van der Waals surface area contributed by atoms with Crippen molar-refractivity contribution < 1.29 is 4.79 Å². The van der Waals surface area contributed by atoms with E-state index in [1.165, 1.54) is 25.7 Å². The second-order valence-electron chi connectivity index (χ2n) is 6.66. The minimum atomic E-state index is 0.0255. The highest BCUT2D eigenvalue weighted by Crippen LogP contribution is 2.74. The van der Waals surface area contributed by atoms with Crippen LogP contribution in [0.2, 0.25) is 0 Å². The number of carbonyl (C=O) groups is 1. The van der Waals surface area contributed by atoms with Gasteiger partial charge in [0.25, 0.3) is 0 Å². The normalized spacial score (nSPS) is 52.2. The van der Waals surface area contributed by atoms with Crippen molar-refractivity contribution >= 4 is 17.7 Å². The van der Waals surface area contributed by atoms with Crippen molar-refractivity contribution in [2.75, 3.05) is 6.54 Å². The zero-order valence-electron chi connectivity index (χ0n) is 10.1. The number of thioether (sulfide) groups is 1. The first-order valence-electron chi connectivity index (χ1n) is 6.54. The van der Waals surface area contributed by atoms with Gasteiger partial charge in [-0.1, -0.05) is 20.3 Å². The number of nitrogens with zero attached hydrogens (tertiary/aromatic N) is 1. The van der Waals surface area contributed by atoms with Gasteiger partial charge in [0.1, 0.15) is 0 Å². The summed E-state index contributed by atoms with van der Waals surface area (Å²) in [5.74, 6) is 1.19. The molecule has 3 unspecified atom stereocenters. The SMILES string of the molecule is CC1(C)CCN2C(=O)C34CCCC3CC21S4. The van der Waals surface area contributed by atoms with Gasteiger partial charge in [0.15, 0.2) is 0 Å². The molecule has 3 heteroatoms. The van der Waals surface area contributed by atoms with Gasteiger partial charge in [0, 0.05) is 6.54 Å². The molecule has 16 heavy (non-hydrogen) atoms. The molecule has 2 bridgehead atoms. The standard InChI is InChI=1S/C13H19NOS/c1-11(2)6-7-14-10(15)12-5-3-4-9(12)8-13(11,14)16-12/h9H,3-8H2,1-2H3. The molecule has 3 aliphatic heterocycles. The monoisotopic (exact) mass is 237 g/mol. The highest BCUT2D eigenvalue weighted by atomic mass is 32.2. The van der Waals surface area contributed by atoms with Crippen molar-refractivity contribution in [3.8, 4) is 0 Å². The van der Waals surface area contributed by atoms with Crippen LogP contribution in [0.15, 0.2) is 0 Å². The van der Waals surface area contributed by atoms with E-state index in [0.29, 0.717) is 17.2 Å². The zero-order valence-corrected chi connectivity index (χ0v) is 10.9. The summed E-state index contributed by atoms with van der Waals surface area (Å²) in [6, 6.07) is 0. The van der Waals surface area contributed by atoms with Gasteiger partial charge in [-0.3, -0.25) is 4.79 Å². The Balaban J connectivity index is 1.88. The summed E-state index contributed by atoms with van der Waals surface area (Å²) in [6.07, 6.45) is 6.18. The molecule has 2 nitrogen and oxygen atoms in total. The van der Waals surface area contributed by atoms with E-state index in [9.17, 15) is 4.79 Å². The van der Waals surface area contributed by atoms with Gasteiger partial charge in [-0.2, -0.15) is 0 Å². The molecular weight excluding hydrogens is 218 g/mol. The summed E-state index contributed by atoms with van der Waals surface area (Å²) >= 11 is 2.06. The maximum atomic E-state index is 12.6. The number of carbonyl (C=O) groups excluding carboxylic acids is 1. The third kappa shape index (κ3) is 0.756. The van der Waals surface area contributed by atoms with E-state index >= 15 is 0 Å². The summed E-state index contributed by atoms with van der Waals surface area (Å²) < 4.78 is 0.0255. The van der Waals surface area contributed by atoms with Crippen molar-refractivity contribution in [1.29, 1.82) is 0 Å². The first kappa shape index (κ1) is 9.81. The van der Waals surface area contributed by atoms with Gasteiger partial charge in [-0.25, -0.2) is 0 Å². The molecule has 2 spiro atoms. The molecular formula is C13H19NOS. The fourth-order valence-electron chi connectivity index (χ4n) is 4.66. The second kappa shape index (κ2) is 2.47. The summed E-state index contributed by atoms with van der Waals surface area (Å²) in [7, 11) is 0. The summed E-state index contributed by atoms with van der Waals surface area (Å²) in [4.78, 5) is 15.1. The molecule has 3 atom stereocenters. The molecule has 4 rings (SSSR count). The molecule has 4 fully saturated rings. The zero-order chi connectivity index (χ0) is 11.2. The van der Waals surface area contributed by atoms with E-state index in [2.05, 4.69) is 30.5 Å². The minimum absolute atomic E-state index is 0.0255. The van der Waals surface area contributed by atoms with Crippen LogP contribution in [0, 0.1) is 11.3 Å². The van der Waals surface area contributed by atoms with Crippen LogP contribution in [0.5, 0.6) is 0 Å². The molecule has 0 radical (unpaired) electrons. The molecule has 3 saturated heterocycles. The predicted molar refractivity (Wildman–Crippen MR) is 65.1 cm³/mol. The van der Waals surface area contributed by atoms with E-state index in [1.54, 1.807) is 0 Å². The fraction of sp³-hybridized carbons (Fsp3) is 0.923. The van der Waals surface area contributed by atoms with E-state index < -0.39 is 0 Å². The van der Waals surface area contributed by atoms with E-state index in [0.717, 1.165) is 13.0 Å². The maximum absolute atomic E-state index is 12.6. The molecule has 0 N–H and O–H groups in total. The van der Waals surface area contributed by atoms with Crippen LogP contribution < -0.4 is 0 Å². The van der Waals surface area contributed by atoms with E-state index in [-0.39, 0.29) is 9.62 Å². The van der Waals surface area contributed by atoms with Gasteiger partial charge in [0.2, 0.25) is 5.91 Å². The maximum Gasteiger partial charge on any atom is 0.240 e. The lowest BCUT2D eigenvalue weighted by molar-refractivity contribution is -0.139. The second-order valence-corrected chi connectivity index (χ2v) is 8.27. The predicted octanol–water partition coefficient (Wildman–Crippen LogP) is 2.63. The average Bonchev–Trinajstić information content (AvgIpc) is 2.83. The topological polar surface area (TPSA) is 20.3 Å². The lowest BCUT2D eigenvalue weighted by Gasteiger charge is -2.41. The molecule has 0 aromatic rings. The summed E-state index contributed by atoms with van der Waals surface area (Å²) in [6.45, 7) is 5.74. The van der Waals surface area contributed by atoms with Crippen LogP contribution in [-0.4, -0.2) is 27.0 Å². The van der Waals surface area contributed by atoms with Crippen LogP contribution in [0.3, 0.4) is 0 Å². The Hall–Kier alpha value is -0.180. The number of piperidine rings is 1. The third-order valence-electron chi connectivity index (χ3n) is 5.70. The Morgan fingerprint density at radius 3 is 3.00 bits per heavy atom. The number of amides is 1. The Kier molecular flexibility index (Phi) is 1.52. The van der Waals surface area contributed by atoms with Crippen LogP contribution in [-0.2, 0) is 4.79 Å². The summed E-state index contributed by atoms with van der Waals surface area (Å²) in [5, 5.41) is 0. The van der Waals surface area contributed by atoms with Crippen molar-refractivity contribution in [3.63, 3.8) is 0 Å². The van der Waals surface area contributed by atoms with Crippen molar-refractivity contribution in [1.82, 2.24) is 4.90 Å². The first-order chi connectivity index (χ1) is 7.52. The summed E-state index contributed by atoms with van der Waals surface area (Å²) in [5.41, 5.74) is 0.321.